The molecule has 2 saturated heterocycles. The smallest absolute Gasteiger partial charge is 0.235 e. The summed E-state index contributed by atoms with van der Waals surface area (Å²) < 4.78 is 0. The van der Waals surface area contributed by atoms with Crippen molar-refractivity contribution < 1.29 is 4.79 Å². The quantitative estimate of drug-likeness (QED) is 0.702. The van der Waals surface area contributed by atoms with Crippen molar-refractivity contribution in [2.45, 2.75) is 50.6 Å². The molecule has 2 bridgehead atoms. The van der Waals surface area contributed by atoms with E-state index < -0.39 is 0 Å². The second-order valence-electron chi connectivity index (χ2n) is 5.32. The number of hydrogen-bond acceptors (Lipinski definition) is 2. The number of carbonyl (C=O) groups excluding carboxylic acids is 1. The van der Waals surface area contributed by atoms with Crippen LogP contribution in [0.1, 0.15) is 38.5 Å². The average Bonchev–Trinajstić information content (AvgIpc) is 2.82. The van der Waals surface area contributed by atoms with Crippen molar-refractivity contribution >= 4 is 29.3 Å². The Morgan fingerprint density at radius 3 is 2.20 bits per heavy atom. The van der Waals surface area contributed by atoms with Crippen LogP contribution in [0.2, 0.25) is 0 Å². The van der Waals surface area contributed by atoms with E-state index in [2.05, 4.69) is 4.90 Å². The Kier molecular flexibility index (Phi) is 3.04. The molecular weight excluding hydrogens is 233 g/mol. The van der Waals surface area contributed by atoms with Gasteiger partial charge in [0.05, 0.1) is 6.54 Å². The molecule has 2 atom stereocenters. The standard InChI is InChI=1S/C11H16ClNO.ClH/c12-10(14)7-13-8-1-2-9(13)6-11(5-8)3-4-11;/h8-9H,1-7H2;1H. The highest BCUT2D eigenvalue weighted by Crippen LogP contribution is 2.59. The van der Waals surface area contributed by atoms with Crippen LogP contribution in [-0.4, -0.2) is 28.8 Å². The predicted molar refractivity (Wildman–Crippen MR) is 62.5 cm³/mol. The maximum absolute atomic E-state index is 10.9. The number of hydrogen-bond donors (Lipinski definition) is 0. The highest BCUT2D eigenvalue weighted by molar-refractivity contribution is 6.64. The molecule has 3 rings (SSSR count). The first kappa shape index (κ1) is 11.7. The van der Waals surface area contributed by atoms with Gasteiger partial charge in [0.2, 0.25) is 5.24 Å². The molecule has 2 aliphatic heterocycles. The van der Waals surface area contributed by atoms with Crippen molar-refractivity contribution in [3.8, 4) is 0 Å². The summed E-state index contributed by atoms with van der Waals surface area (Å²) >= 11 is 5.48. The molecule has 0 aromatic carbocycles. The Morgan fingerprint density at radius 2 is 1.80 bits per heavy atom. The van der Waals surface area contributed by atoms with Crippen LogP contribution in [0, 0.1) is 5.41 Å². The Labute approximate surface area is 102 Å². The van der Waals surface area contributed by atoms with Gasteiger partial charge < -0.3 is 0 Å². The Hall–Kier alpha value is 0.210. The third kappa shape index (κ3) is 2.04. The summed E-state index contributed by atoms with van der Waals surface area (Å²) in [6.45, 7) is 0.479. The predicted octanol–water partition coefficient (Wildman–Crippen LogP) is 2.58. The van der Waals surface area contributed by atoms with E-state index >= 15 is 0 Å². The minimum atomic E-state index is -0.186. The lowest BCUT2D eigenvalue weighted by atomic mass is 9.88. The van der Waals surface area contributed by atoms with Crippen LogP contribution in [-0.2, 0) is 4.79 Å². The van der Waals surface area contributed by atoms with Crippen molar-refractivity contribution in [2.75, 3.05) is 6.54 Å². The molecule has 2 unspecified atom stereocenters. The van der Waals surface area contributed by atoms with Crippen LogP contribution < -0.4 is 0 Å². The van der Waals surface area contributed by atoms with Gasteiger partial charge >= 0.3 is 0 Å². The summed E-state index contributed by atoms with van der Waals surface area (Å²) in [6, 6.07) is 1.33. The van der Waals surface area contributed by atoms with Crippen LogP contribution >= 0.6 is 24.0 Å². The van der Waals surface area contributed by atoms with Crippen molar-refractivity contribution in [1.29, 1.82) is 0 Å². The first-order chi connectivity index (χ1) is 6.69. The lowest BCUT2D eigenvalue weighted by Crippen LogP contribution is -2.45. The largest absolute Gasteiger partial charge is 0.289 e. The molecule has 3 aliphatic rings. The average molecular weight is 250 g/mol. The zero-order chi connectivity index (χ0) is 9.76. The first-order valence-electron chi connectivity index (χ1n) is 5.63. The lowest BCUT2D eigenvalue weighted by molar-refractivity contribution is -0.114. The molecule has 0 N–H and O–H groups in total. The van der Waals surface area contributed by atoms with E-state index in [4.69, 9.17) is 11.6 Å². The minimum Gasteiger partial charge on any atom is -0.289 e. The number of halogens is 2. The molecule has 0 radical (unpaired) electrons. The Bertz CT molecular complexity index is 262. The fraction of sp³-hybridized carbons (Fsp3) is 0.909. The van der Waals surface area contributed by atoms with E-state index in [0.29, 0.717) is 24.0 Å². The van der Waals surface area contributed by atoms with E-state index in [0.717, 1.165) is 0 Å². The fourth-order valence-corrected chi connectivity index (χ4v) is 3.66. The van der Waals surface area contributed by atoms with Crippen molar-refractivity contribution in [3.63, 3.8) is 0 Å². The normalized spacial score (nSPS) is 36.3. The van der Waals surface area contributed by atoms with Crippen LogP contribution in [0.15, 0.2) is 0 Å². The molecule has 2 nitrogen and oxygen atoms in total. The van der Waals surface area contributed by atoms with E-state index in [1.54, 1.807) is 0 Å². The van der Waals surface area contributed by atoms with Crippen molar-refractivity contribution in [1.82, 2.24) is 4.90 Å². The van der Waals surface area contributed by atoms with Crippen LogP contribution in [0.4, 0.5) is 0 Å². The zero-order valence-corrected chi connectivity index (χ0v) is 10.3. The fourth-order valence-electron chi connectivity index (χ4n) is 3.52. The lowest BCUT2D eigenvalue weighted by Gasteiger charge is -2.38. The maximum Gasteiger partial charge on any atom is 0.235 e. The second-order valence-corrected chi connectivity index (χ2v) is 5.74. The van der Waals surface area contributed by atoms with Gasteiger partial charge in [0, 0.05) is 12.1 Å². The SMILES string of the molecule is Cl.O=C(Cl)CN1C2CCC1CC1(CC1)C2. The van der Waals surface area contributed by atoms with E-state index in [-0.39, 0.29) is 17.6 Å². The van der Waals surface area contributed by atoms with Gasteiger partial charge in [-0.15, -0.1) is 12.4 Å². The summed E-state index contributed by atoms with van der Waals surface area (Å²) in [5.74, 6) is 0. The van der Waals surface area contributed by atoms with Crippen molar-refractivity contribution in [2.24, 2.45) is 5.41 Å². The van der Waals surface area contributed by atoms with Crippen LogP contribution in [0.5, 0.6) is 0 Å². The molecule has 0 aromatic rings. The zero-order valence-electron chi connectivity index (χ0n) is 8.75. The van der Waals surface area contributed by atoms with Gasteiger partial charge in [-0.2, -0.15) is 0 Å². The number of carbonyl (C=O) groups is 1. The molecule has 15 heavy (non-hydrogen) atoms. The summed E-state index contributed by atoms with van der Waals surface area (Å²) in [4.78, 5) is 13.3. The molecule has 3 fully saturated rings. The molecule has 4 heteroatoms. The molecule has 1 spiro atoms. The molecule has 86 valence electrons. The monoisotopic (exact) mass is 249 g/mol. The highest BCUT2D eigenvalue weighted by atomic mass is 35.5. The first-order valence-corrected chi connectivity index (χ1v) is 6.00. The van der Waals surface area contributed by atoms with Gasteiger partial charge in [0.15, 0.2) is 0 Å². The topological polar surface area (TPSA) is 20.3 Å². The van der Waals surface area contributed by atoms with E-state index in [1.807, 2.05) is 0 Å². The molecule has 0 aromatic heterocycles. The van der Waals surface area contributed by atoms with E-state index in [9.17, 15) is 4.79 Å². The minimum absolute atomic E-state index is 0. The molecule has 2 heterocycles. The van der Waals surface area contributed by atoms with Gasteiger partial charge in [-0.1, -0.05) is 0 Å². The van der Waals surface area contributed by atoms with Crippen molar-refractivity contribution in [3.05, 3.63) is 0 Å². The Morgan fingerprint density at radius 1 is 1.27 bits per heavy atom. The Balaban J connectivity index is 0.000000853. The summed E-state index contributed by atoms with van der Waals surface area (Å²) in [5.41, 5.74) is 0.706. The maximum atomic E-state index is 10.9. The van der Waals surface area contributed by atoms with Crippen LogP contribution in [0.3, 0.4) is 0 Å². The van der Waals surface area contributed by atoms with Gasteiger partial charge in [-0.3, -0.25) is 9.69 Å². The van der Waals surface area contributed by atoms with Gasteiger partial charge in [0.1, 0.15) is 0 Å². The molecule has 1 aliphatic carbocycles. The molecule has 1 saturated carbocycles. The van der Waals surface area contributed by atoms with Crippen LogP contribution in [0.25, 0.3) is 0 Å². The summed E-state index contributed by atoms with van der Waals surface area (Å²) in [5, 5.41) is -0.186. The molecular formula is C11H17Cl2NO. The van der Waals surface area contributed by atoms with Gasteiger partial charge in [0.25, 0.3) is 0 Å². The third-order valence-electron chi connectivity index (χ3n) is 4.37. The number of rotatable bonds is 2. The summed E-state index contributed by atoms with van der Waals surface area (Å²) in [6.07, 6.45) is 8.10. The van der Waals surface area contributed by atoms with Gasteiger partial charge in [-0.05, 0) is 55.5 Å². The van der Waals surface area contributed by atoms with E-state index in [1.165, 1.54) is 38.5 Å². The van der Waals surface area contributed by atoms with Gasteiger partial charge in [-0.25, -0.2) is 0 Å². The number of piperidine rings is 1. The number of fused-ring (bicyclic) bond motifs is 2. The molecule has 0 amide bonds. The number of nitrogens with zero attached hydrogens (tertiary/aromatic N) is 1. The third-order valence-corrected chi connectivity index (χ3v) is 4.49. The summed E-state index contributed by atoms with van der Waals surface area (Å²) in [7, 11) is 0. The highest BCUT2D eigenvalue weighted by Gasteiger charge is 2.53. The second kappa shape index (κ2) is 3.90.